The third-order valence-electron chi connectivity index (χ3n) is 3.89. The third kappa shape index (κ3) is 4.37. The lowest BCUT2D eigenvalue weighted by atomic mass is 10.0. The molecule has 26 heavy (non-hydrogen) atoms. The minimum atomic E-state index is -0.367. The van der Waals surface area contributed by atoms with Crippen LogP contribution in [-0.2, 0) is 11.2 Å². The number of nitrogens with zero attached hydrogens (tertiary/aromatic N) is 1. The molecule has 0 radical (unpaired) electrons. The number of aryl methyl sites for hydroxylation is 1. The highest BCUT2D eigenvalue weighted by atomic mass is 32.1. The summed E-state index contributed by atoms with van der Waals surface area (Å²) in [5, 5.41) is 7.83. The summed E-state index contributed by atoms with van der Waals surface area (Å²) in [5.41, 5.74) is 2.83. The molecule has 2 aromatic heterocycles. The van der Waals surface area contributed by atoms with E-state index in [4.69, 9.17) is 4.42 Å². The minimum Gasteiger partial charge on any atom is -0.459 e. The number of benzene rings is 1. The Morgan fingerprint density at radius 3 is 2.77 bits per heavy atom. The number of carbonyl (C=O) groups is 2. The van der Waals surface area contributed by atoms with Gasteiger partial charge >= 0.3 is 0 Å². The topological polar surface area (TPSA) is 84.2 Å². The highest BCUT2D eigenvalue weighted by Crippen LogP contribution is 2.19. The Kier molecular flexibility index (Phi) is 5.48. The molecule has 7 heteroatoms. The lowest BCUT2D eigenvalue weighted by molar-refractivity contribution is -0.121. The van der Waals surface area contributed by atoms with E-state index in [0.29, 0.717) is 10.8 Å². The van der Waals surface area contributed by atoms with Gasteiger partial charge in [-0.05, 0) is 37.1 Å². The second-order valence-electron chi connectivity index (χ2n) is 5.90. The Labute approximate surface area is 155 Å². The maximum atomic E-state index is 12.3. The van der Waals surface area contributed by atoms with Crippen molar-refractivity contribution in [1.82, 2.24) is 10.3 Å². The van der Waals surface area contributed by atoms with Crippen LogP contribution in [0.25, 0.3) is 0 Å². The normalized spacial score (nSPS) is 11.8. The molecule has 3 aromatic rings. The molecule has 0 aliphatic carbocycles. The monoisotopic (exact) mass is 369 g/mol. The first-order valence-electron chi connectivity index (χ1n) is 8.17. The van der Waals surface area contributed by atoms with Crippen LogP contribution in [0.5, 0.6) is 0 Å². The maximum Gasteiger partial charge on any atom is 0.293 e. The first-order chi connectivity index (χ1) is 12.5. The van der Waals surface area contributed by atoms with E-state index in [9.17, 15) is 9.59 Å². The summed E-state index contributed by atoms with van der Waals surface area (Å²) >= 11 is 1.27. The van der Waals surface area contributed by atoms with Crippen molar-refractivity contribution < 1.29 is 14.0 Å². The summed E-state index contributed by atoms with van der Waals surface area (Å²) in [5.74, 6) is -0.268. The first-order valence-corrected chi connectivity index (χ1v) is 9.05. The smallest absolute Gasteiger partial charge is 0.293 e. The first kappa shape index (κ1) is 17.9. The number of nitrogens with one attached hydrogen (secondary N) is 2. The van der Waals surface area contributed by atoms with Crippen LogP contribution in [0, 0.1) is 6.92 Å². The predicted octanol–water partition coefficient (Wildman–Crippen LogP) is 3.72. The Balaban J connectivity index is 1.56. The number of hydrogen-bond donors (Lipinski definition) is 2. The fourth-order valence-electron chi connectivity index (χ4n) is 2.62. The van der Waals surface area contributed by atoms with E-state index in [2.05, 4.69) is 15.6 Å². The molecule has 2 heterocycles. The average Bonchev–Trinajstić information content (AvgIpc) is 3.27. The zero-order chi connectivity index (χ0) is 18.5. The van der Waals surface area contributed by atoms with Crippen molar-refractivity contribution in [3.63, 3.8) is 0 Å². The molecule has 0 aliphatic heterocycles. The van der Waals surface area contributed by atoms with E-state index in [1.165, 1.54) is 17.6 Å². The highest BCUT2D eigenvalue weighted by molar-refractivity contribution is 7.14. The van der Waals surface area contributed by atoms with Crippen LogP contribution in [-0.4, -0.2) is 16.8 Å². The zero-order valence-electron chi connectivity index (χ0n) is 14.5. The van der Waals surface area contributed by atoms with Crippen LogP contribution >= 0.6 is 11.3 Å². The fraction of sp³-hybridized carbons (Fsp3) is 0.211. The van der Waals surface area contributed by atoms with Gasteiger partial charge in [-0.1, -0.05) is 24.3 Å². The minimum absolute atomic E-state index is 0.0829. The number of hydrogen-bond acceptors (Lipinski definition) is 5. The summed E-state index contributed by atoms with van der Waals surface area (Å²) in [4.78, 5) is 28.5. The van der Waals surface area contributed by atoms with Crippen LogP contribution in [0.15, 0.2) is 52.5 Å². The largest absolute Gasteiger partial charge is 0.459 e. The molecule has 2 amide bonds. The average molecular weight is 369 g/mol. The quantitative estimate of drug-likeness (QED) is 0.694. The van der Waals surface area contributed by atoms with Gasteiger partial charge in [0, 0.05) is 5.38 Å². The second-order valence-corrected chi connectivity index (χ2v) is 6.76. The molecule has 2 N–H and O–H groups in total. The van der Waals surface area contributed by atoms with E-state index < -0.39 is 0 Å². The van der Waals surface area contributed by atoms with Gasteiger partial charge in [-0.25, -0.2) is 4.98 Å². The van der Waals surface area contributed by atoms with Crippen molar-refractivity contribution in [1.29, 1.82) is 0 Å². The van der Waals surface area contributed by atoms with Crippen molar-refractivity contribution in [2.45, 2.75) is 26.3 Å². The fourth-order valence-corrected chi connectivity index (χ4v) is 3.32. The van der Waals surface area contributed by atoms with Gasteiger partial charge in [-0.2, -0.15) is 0 Å². The molecular weight excluding hydrogens is 350 g/mol. The Morgan fingerprint density at radius 1 is 1.23 bits per heavy atom. The third-order valence-corrected chi connectivity index (χ3v) is 4.70. The molecule has 0 bridgehead atoms. The van der Waals surface area contributed by atoms with Crippen molar-refractivity contribution in [3.8, 4) is 0 Å². The van der Waals surface area contributed by atoms with E-state index in [1.807, 2.05) is 38.1 Å². The summed E-state index contributed by atoms with van der Waals surface area (Å²) in [6, 6.07) is 11.1. The SMILES string of the molecule is Cc1ccccc1[C@H](C)NC(=O)Cc1csc(NC(=O)c2ccco2)n1. The van der Waals surface area contributed by atoms with Crippen LogP contribution in [0.3, 0.4) is 0 Å². The second kappa shape index (κ2) is 7.97. The molecule has 0 spiro atoms. The van der Waals surface area contributed by atoms with Gasteiger partial charge in [0.25, 0.3) is 5.91 Å². The van der Waals surface area contributed by atoms with Crippen LogP contribution in [0.4, 0.5) is 5.13 Å². The van der Waals surface area contributed by atoms with Gasteiger partial charge < -0.3 is 9.73 Å². The molecule has 0 unspecified atom stereocenters. The van der Waals surface area contributed by atoms with Gasteiger partial charge in [0.1, 0.15) is 0 Å². The molecule has 1 atom stereocenters. The molecule has 1 aromatic carbocycles. The van der Waals surface area contributed by atoms with Gasteiger partial charge in [-0.15, -0.1) is 11.3 Å². The molecule has 0 saturated heterocycles. The Morgan fingerprint density at radius 2 is 2.04 bits per heavy atom. The summed E-state index contributed by atoms with van der Waals surface area (Å²) in [7, 11) is 0. The maximum absolute atomic E-state index is 12.3. The number of amides is 2. The number of thiazole rings is 1. The van der Waals surface area contributed by atoms with Crippen LogP contribution in [0.1, 0.15) is 40.3 Å². The van der Waals surface area contributed by atoms with Crippen molar-refractivity contribution in [3.05, 3.63) is 70.6 Å². The Hall–Kier alpha value is -2.93. The number of carbonyl (C=O) groups excluding carboxylic acids is 2. The standard InChI is InChI=1S/C19H19N3O3S/c1-12-6-3-4-7-15(12)13(2)20-17(23)10-14-11-26-19(21-14)22-18(24)16-8-5-9-25-16/h3-9,11,13H,10H2,1-2H3,(H,20,23)(H,21,22,24)/t13-/m0/s1. The van der Waals surface area contributed by atoms with Gasteiger partial charge in [0.2, 0.25) is 5.91 Å². The Bertz CT molecular complexity index is 902. The summed E-state index contributed by atoms with van der Waals surface area (Å²) < 4.78 is 5.03. The molecule has 6 nitrogen and oxygen atoms in total. The molecular formula is C19H19N3O3S. The van der Waals surface area contributed by atoms with Crippen molar-refractivity contribution in [2.75, 3.05) is 5.32 Å². The van der Waals surface area contributed by atoms with E-state index >= 15 is 0 Å². The van der Waals surface area contributed by atoms with Gasteiger partial charge in [-0.3, -0.25) is 14.9 Å². The zero-order valence-corrected chi connectivity index (χ0v) is 15.3. The summed E-state index contributed by atoms with van der Waals surface area (Å²) in [6.07, 6.45) is 1.59. The lowest BCUT2D eigenvalue weighted by Gasteiger charge is -2.16. The van der Waals surface area contributed by atoms with E-state index in [0.717, 1.165) is 11.1 Å². The number of anilines is 1. The lowest BCUT2D eigenvalue weighted by Crippen LogP contribution is -2.28. The van der Waals surface area contributed by atoms with Crippen molar-refractivity contribution in [2.24, 2.45) is 0 Å². The van der Waals surface area contributed by atoms with Crippen LogP contribution in [0.2, 0.25) is 0 Å². The summed E-state index contributed by atoms with van der Waals surface area (Å²) in [6.45, 7) is 3.97. The van der Waals surface area contributed by atoms with E-state index in [1.54, 1.807) is 17.5 Å². The van der Waals surface area contributed by atoms with Crippen LogP contribution < -0.4 is 10.6 Å². The van der Waals surface area contributed by atoms with Gasteiger partial charge in [0.15, 0.2) is 10.9 Å². The van der Waals surface area contributed by atoms with E-state index in [-0.39, 0.29) is 30.0 Å². The van der Waals surface area contributed by atoms with Crippen molar-refractivity contribution >= 4 is 28.3 Å². The highest BCUT2D eigenvalue weighted by Gasteiger charge is 2.15. The molecule has 3 rings (SSSR count). The number of rotatable bonds is 6. The predicted molar refractivity (Wildman–Crippen MR) is 100 cm³/mol. The number of furan rings is 1. The molecule has 0 saturated carbocycles. The molecule has 134 valence electrons. The van der Waals surface area contributed by atoms with Gasteiger partial charge in [0.05, 0.1) is 24.4 Å². The molecule has 0 fully saturated rings. The number of aromatic nitrogens is 1. The molecule has 0 aliphatic rings.